The summed E-state index contributed by atoms with van der Waals surface area (Å²) in [6.45, 7) is 9.20. The largest absolute Gasteiger partial charge is 0.374 e. The second-order valence-corrected chi connectivity index (χ2v) is 8.28. The Morgan fingerprint density at radius 1 is 1.21 bits per heavy atom. The maximum absolute atomic E-state index is 12.6. The summed E-state index contributed by atoms with van der Waals surface area (Å²) in [7, 11) is -3.53. The van der Waals surface area contributed by atoms with Crippen LogP contribution >= 0.6 is 0 Å². The van der Waals surface area contributed by atoms with Crippen molar-refractivity contribution in [3.63, 3.8) is 0 Å². The molecule has 0 aromatic heterocycles. The Morgan fingerprint density at radius 2 is 1.79 bits per heavy atom. The average Bonchev–Trinajstić information content (AvgIpc) is 2.50. The molecule has 2 atom stereocenters. The average molecular weight is 356 g/mol. The van der Waals surface area contributed by atoms with Gasteiger partial charge < -0.3 is 9.47 Å². The summed E-state index contributed by atoms with van der Waals surface area (Å²) in [4.78, 5) is 0. The van der Waals surface area contributed by atoms with Crippen molar-refractivity contribution < 1.29 is 17.9 Å². The number of hydrogen-bond acceptors (Lipinski definition) is 4. The molecule has 0 radical (unpaired) electrons. The summed E-state index contributed by atoms with van der Waals surface area (Å²) in [5, 5.41) is 0. The van der Waals surface area contributed by atoms with Crippen molar-refractivity contribution in [1.29, 1.82) is 0 Å². The zero-order valence-electron chi connectivity index (χ0n) is 14.9. The number of nitrogens with one attached hydrogen (secondary N) is 1. The molecule has 24 heavy (non-hydrogen) atoms. The fourth-order valence-corrected chi connectivity index (χ4v) is 4.05. The molecule has 6 nitrogen and oxygen atoms in total. The molecule has 1 aromatic carbocycles. The molecule has 1 heterocycles. The molecule has 0 amide bonds. The van der Waals surface area contributed by atoms with E-state index < -0.39 is 10.2 Å². The van der Waals surface area contributed by atoms with E-state index in [1.54, 1.807) is 0 Å². The molecule has 0 saturated carbocycles. The normalized spacial score (nSPS) is 22.9. The Bertz CT molecular complexity index is 623. The molecule has 1 aromatic rings. The molecule has 0 aliphatic carbocycles. The maximum atomic E-state index is 12.6. The van der Waals surface area contributed by atoms with Crippen LogP contribution in [0.15, 0.2) is 24.3 Å². The first-order chi connectivity index (χ1) is 11.3. The van der Waals surface area contributed by atoms with E-state index in [0.29, 0.717) is 19.7 Å². The molecule has 0 bridgehead atoms. The zero-order chi connectivity index (χ0) is 17.7. The number of morpholine rings is 1. The van der Waals surface area contributed by atoms with E-state index in [4.69, 9.17) is 9.47 Å². The van der Waals surface area contributed by atoms with Crippen LogP contribution < -0.4 is 4.72 Å². The van der Waals surface area contributed by atoms with Crippen LogP contribution in [0.1, 0.15) is 38.8 Å². The first kappa shape index (κ1) is 19.3. The van der Waals surface area contributed by atoms with Crippen LogP contribution in [0, 0.1) is 0 Å². The maximum Gasteiger partial charge on any atom is 0.279 e. The van der Waals surface area contributed by atoms with Gasteiger partial charge in [-0.05, 0) is 38.8 Å². The van der Waals surface area contributed by atoms with Crippen LogP contribution in [0.5, 0.6) is 0 Å². The van der Waals surface area contributed by atoms with Crippen molar-refractivity contribution in [1.82, 2.24) is 9.03 Å². The minimum Gasteiger partial charge on any atom is -0.374 e. The minimum absolute atomic E-state index is 0.1000. The quantitative estimate of drug-likeness (QED) is 0.812. The molecule has 1 aliphatic rings. The van der Waals surface area contributed by atoms with Gasteiger partial charge in [-0.2, -0.15) is 17.4 Å². The number of hydrogen-bond donors (Lipinski definition) is 1. The lowest BCUT2D eigenvalue weighted by Gasteiger charge is -2.34. The number of rotatable bonds is 7. The van der Waals surface area contributed by atoms with Gasteiger partial charge in [-0.15, -0.1) is 0 Å². The van der Waals surface area contributed by atoms with Gasteiger partial charge in [0, 0.05) is 19.6 Å². The Balaban J connectivity index is 2.01. The summed E-state index contributed by atoms with van der Waals surface area (Å²) in [6, 6.07) is 7.72. The van der Waals surface area contributed by atoms with Gasteiger partial charge in [-0.3, -0.25) is 0 Å². The topological polar surface area (TPSA) is 67.9 Å². The lowest BCUT2D eigenvalue weighted by molar-refractivity contribution is -0.0444. The molecule has 1 saturated heterocycles. The van der Waals surface area contributed by atoms with E-state index >= 15 is 0 Å². The van der Waals surface area contributed by atoms with Crippen LogP contribution in [0.2, 0.25) is 0 Å². The van der Waals surface area contributed by atoms with Crippen LogP contribution in [-0.4, -0.2) is 44.1 Å². The molecule has 1 fully saturated rings. The van der Waals surface area contributed by atoms with Gasteiger partial charge >= 0.3 is 0 Å². The third kappa shape index (κ3) is 5.53. The highest BCUT2D eigenvalue weighted by Gasteiger charge is 2.30. The molecular formula is C17H28N2O4S. The third-order valence-electron chi connectivity index (χ3n) is 3.86. The predicted octanol–water partition coefficient (Wildman–Crippen LogP) is 2.06. The van der Waals surface area contributed by atoms with Crippen molar-refractivity contribution in [2.75, 3.05) is 13.1 Å². The molecule has 1 aliphatic heterocycles. The van der Waals surface area contributed by atoms with Crippen molar-refractivity contribution in [2.45, 2.75) is 59.2 Å². The molecule has 1 N–H and O–H groups in total. The van der Waals surface area contributed by atoms with Gasteiger partial charge in [-0.1, -0.05) is 24.3 Å². The number of nitrogens with zero attached hydrogens (tertiary/aromatic N) is 1. The van der Waals surface area contributed by atoms with E-state index in [1.807, 2.05) is 52.0 Å². The third-order valence-corrected chi connectivity index (χ3v) is 5.35. The Morgan fingerprint density at radius 3 is 2.38 bits per heavy atom. The smallest absolute Gasteiger partial charge is 0.279 e. The highest BCUT2D eigenvalue weighted by molar-refractivity contribution is 7.87. The SMILES string of the molecule is CC(C)OCc1ccccc1CNS(=O)(=O)N1C[C@@H](C)O[C@@H](C)C1. The lowest BCUT2D eigenvalue weighted by atomic mass is 10.1. The van der Waals surface area contributed by atoms with Gasteiger partial charge in [0.15, 0.2) is 0 Å². The number of ether oxygens (including phenoxy) is 2. The molecule has 7 heteroatoms. The van der Waals surface area contributed by atoms with Gasteiger partial charge in [0.2, 0.25) is 0 Å². The monoisotopic (exact) mass is 356 g/mol. The first-order valence-electron chi connectivity index (χ1n) is 8.36. The van der Waals surface area contributed by atoms with Gasteiger partial charge in [-0.25, -0.2) is 0 Å². The summed E-state index contributed by atoms with van der Waals surface area (Å²) in [6.07, 6.45) is -0.0693. The van der Waals surface area contributed by atoms with Crippen molar-refractivity contribution in [2.24, 2.45) is 0 Å². The van der Waals surface area contributed by atoms with Gasteiger partial charge in [0.25, 0.3) is 10.2 Å². The molecule has 136 valence electrons. The lowest BCUT2D eigenvalue weighted by Crippen LogP contribution is -2.51. The minimum atomic E-state index is -3.53. The van der Waals surface area contributed by atoms with Crippen molar-refractivity contribution >= 4 is 10.2 Å². The fourth-order valence-electron chi connectivity index (χ4n) is 2.71. The molecule has 0 unspecified atom stereocenters. The summed E-state index contributed by atoms with van der Waals surface area (Å²) in [5.74, 6) is 0. The standard InChI is InChI=1S/C17H28N2O4S/c1-13(2)22-12-17-8-6-5-7-16(17)9-18-24(20,21)19-10-14(3)23-15(4)11-19/h5-8,13-15,18H,9-12H2,1-4H3/t14-,15+. The fraction of sp³-hybridized carbons (Fsp3) is 0.647. The van der Waals surface area contributed by atoms with E-state index in [1.165, 1.54) is 4.31 Å². The van der Waals surface area contributed by atoms with E-state index in [9.17, 15) is 8.42 Å². The second-order valence-electron chi connectivity index (χ2n) is 6.53. The van der Waals surface area contributed by atoms with E-state index in [2.05, 4.69) is 4.72 Å². The van der Waals surface area contributed by atoms with E-state index in [-0.39, 0.29) is 24.9 Å². The predicted molar refractivity (Wildman–Crippen MR) is 93.7 cm³/mol. The van der Waals surface area contributed by atoms with Crippen LogP contribution in [-0.2, 0) is 32.8 Å². The molecule has 2 rings (SSSR count). The zero-order valence-corrected chi connectivity index (χ0v) is 15.7. The first-order valence-corrected chi connectivity index (χ1v) is 9.80. The van der Waals surface area contributed by atoms with Crippen LogP contribution in [0.25, 0.3) is 0 Å². The molecule has 0 spiro atoms. The summed E-state index contributed by atoms with van der Waals surface area (Å²) < 4.78 is 40.5. The van der Waals surface area contributed by atoms with Crippen LogP contribution in [0.4, 0.5) is 0 Å². The Labute approximate surface area is 145 Å². The number of benzene rings is 1. The highest BCUT2D eigenvalue weighted by Crippen LogP contribution is 2.15. The van der Waals surface area contributed by atoms with E-state index in [0.717, 1.165) is 11.1 Å². The second kappa shape index (κ2) is 8.40. The summed E-state index contributed by atoms with van der Waals surface area (Å²) >= 11 is 0. The Hall–Kier alpha value is -0.990. The Kier molecular flexibility index (Phi) is 6.77. The summed E-state index contributed by atoms with van der Waals surface area (Å²) in [5.41, 5.74) is 1.92. The van der Waals surface area contributed by atoms with Crippen molar-refractivity contribution in [3.05, 3.63) is 35.4 Å². The van der Waals surface area contributed by atoms with Crippen LogP contribution in [0.3, 0.4) is 0 Å². The van der Waals surface area contributed by atoms with Gasteiger partial charge in [0.1, 0.15) is 0 Å². The molecular weight excluding hydrogens is 328 g/mol. The van der Waals surface area contributed by atoms with Gasteiger partial charge in [0.05, 0.1) is 24.9 Å². The highest BCUT2D eigenvalue weighted by atomic mass is 32.2. The van der Waals surface area contributed by atoms with Crippen molar-refractivity contribution in [3.8, 4) is 0 Å².